The second-order valence-corrected chi connectivity index (χ2v) is 3.60. The first-order valence-corrected chi connectivity index (χ1v) is 5.27. The van der Waals surface area contributed by atoms with Gasteiger partial charge in [0, 0.05) is 6.42 Å². The van der Waals surface area contributed by atoms with Crippen LogP contribution in [0, 0.1) is 0 Å². The average molecular weight is 303 g/mol. The third-order valence-electron chi connectivity index (χ3n) is 1.95. The van der Waals surface area contributed by atoms with E-state index in [-0.39, 0.29) is 17.4 Å². The van der Waals surface area contributed by atoms with Crippen molar-refractivity contribution in [3.63, 3.8) is 0 Å². The van der Waals surface area contributed by atoms with Crippen LogP contribution in [0.1, 0.15) is 6.42 Å². The molecule has 1 rings (SSSR count). The molecule has 1 aliphatic heterocycles. The molecule has 0 spiro atoms. The van der Waals surface area contributed by atoms with E-state index in [1.165, 1.54) is 0 Å². The second kappa shape index (κ2) is 4.30. The number of carbonyl (C=O) groups is 2. The fourth-order valence-corrected chi connectivity index (χ4v) is 1.79. The normalized spacial score (nSPS) is 27.8. The molecule has 0 aromatic carbocycles. The van der Waals surface area contributed by atoms with Gasteiger partial charge in [0.1, 0.15) is 12.2 Å². The van der Waals surface area contributed by atoms with Gasteiger partial charge in [-0.2, -0.15) is 4.39 Å². The van der Waals surface area contributed by atoms with Crippen LogP contribution in [0.25, 0.3) is 0 Å². The summed E-state index contributed by atoms with van der Waals surface area (Å²) < 4.78 is 25.2. The van der Waals surface area contributed by atoms with Crippen LogP contribution in [-0.4, -0.2) is 40.0 Å². The van der Waals surface area contributed by atoms with Crippen LogP contribution in [0.5, 0.6) is 0 Å². The van der Waals surface area contributed by atoms with Gasteiger partial charge in [-0.05, 0) is 0 Å². The summed E-state index contributed by atoms with van der Waals surface area (Å²) in [4.78, 5) is 22.5. The molecule has 1 aliphatic rings. The van der Waals surface area contributed by atoms with E-state index in [0.717, 1.165) is 4.90 Å². The molecule has 3 nitrogen and oxygen atoms in total. The molecule has 6 heteroatoms. The highest BCUT2D eigenvalue weighted by Gasteiger charge is 2.39. The molecule has 1 amide bonds. The summed E-state index contributed by atoms with van der Waals surface area (Å²) in [6.45, 7) is -0.165. The number of halogens is 3. The second-order valence-electron chi connectivity index (χ2n) is 2.83. The van der Waals surface area contributed by atoms with Crippen molar-refractivity contribution in [3.8, 4) is 0 Å². The van der Waals surface area contributed by atoms with E-state index < -0.39 is 24.2 Å². The number of amides is 1. The summed E-state index contributed by atoms with van der Waals surface area (Å²) in [5.74, 6) is -0.392. The van der Waals surface area contributed by atoms with Crippen LogP contribution >= 0.6 is 22.6 Å². The first kappa shape index (κ1) is 10.8. The van der Waals surface area contributed by atoms with Crippen molar-refractivity contribution in [2.24, 2.45) is 0 Å². The molecule has 1 fully saturated rings. The number of likely N-dealkylation sites (tertiary alicyclic amines) is 1. The summed E-state index contributed by atoms with van der Waals surface area (Å²) in [6.07, 6.45) is -1.49. The summed E-state index contributed by atoms with van der Waals surface area (Å²) in [7, 11) is 0. The van der Waals surface area contributed by atoms with Crippen LogP contribution in [0.4, 0.5) is 8.78 Å². The Morgan fingerprint density at radius 2 is 2.15 bits per heavy atom. The molecule has 2 atom stereocenters. The van der Waals surface area contributed by atoms with E-state index in [1.807, 2.05) is 0 Å². The standard InChI is InChI=1S/C7H8F2INO2/c8-4-1-5(7(9)13)11(3-4)6(12)2-10/h4-5H,1-3H2/t4-,5+/m1/s1. The lowest BCUT2D eigenvalue weighted by Gasteiger charge is -2.19. The van der Waals surface area contributed by atoms with Crippen molar-refractivity contribution < 1.29 is 18.4 Å². The third kappa shape index (κ3) is 2.35. The molecule has 0 aliphatic carbocycles. The lowest BCUT2D eigenvalue weighted by atomic mass is 10.2. The fourth-order valence-electron chi connectivity index (χ4n) is 1.35. The van der Waals surface area contributed by atoms with Crippen LogP contribution in [0.2, 0.25) is 0 Å². The molecule has 1 saturated heterocycles. The van der Waals surface area contributed by atoms with E-state index in [0.29, 0.717) is 0 Å². The molecule has 74 valence electrons. The zero-order valence-electron chi connectivity index (χ0n) is 6.67. The highest BCUT2D eigenvalue weighted by Crippen LogP contribution is 2.21. The van der Waals surface area contributed by atoms with Crippen molar-refractivity contribution in [2.75, 3.05) is 11.0 Å². The number of carbonyl (C=O) groups excluding carboxylic acids is 2. The summed E-state index contributed by atoms with van der Waals surface area (Å²) in [5.41, 5.74) is 0. The van der Waals surface area contributed by atoms with E-state index in [2.05, 4.69) is 0 Å². The number of alkyl halides is 2. The summed E-state index contributed by atoms with van der Waals surface area (Å²) >= 11 is 1.80. The Kier molecular flexibility index (Phi) is 3.57. The quantitative estimate of drug-likeness (QED) is 0.431. The van der Waals surface area contributed by atoms with Crippen molar-refractivity contribution in [1.82, 2.24) is 4.90 Å². The Morgan fingerprint density at radius 1 is 1.54 bits per heavy atom. The Labute approximate surface area is 87.6 Å². The van der Waals surface area contributed by atoms with E-state index in [1.54, 1.807) is 22.6 Å². The lowest BCUT2D eigenvalue weighted by Crippen LogP contribution is -2.39. The first-order chi connectivity index (χ1) is 6.06. The zero-order valence-corrected chi connectivity index (χ0v) is 8.83. The molecule has 0 radical (unpaired) electrons. The van der Waals surface area contributed by atoms with Gasteiger partial charge >= 0.3 is 6.04 Å². The minimum Gasteiger partial charge on any atom is -0.326 e. The van der Waals surface area contributed by atoms with Gasteiger partial charge in [0.25, 0.3) is 0 Å². The van der Waals surface area contributed by atoms with Crippen LogP contribution in [-0.2, 0) is 9.59 Å². The minimum atomic E-state index is -1.63. The Balaban J connectivity index is 2.71. The minimum absolute atomic E-state index is 0.133. The van der Waals surface area contributed by atoms with Gasteiger partial charge in [-0.25, -0.2) is 4.39 Å². The molecule has 0 saturated carbocycles. The highest BCUT2D eigenvalue weighted by molar-refractivity contribution is 14.1. The smallest absolute Gasteiger partial charge is 0.323 e. The zero-order chi connectivity index (χ0) is 10.0. The lowest BCUT2D eigenvalue weighted by molar-refractivity contribution is -0.141. The number of hydrogen-bond acceptors (Lipinski definition) is 2. The fraction of sp³-hybridized carbons (Fsp3) is 0.714. The topological polar surface area (TPSA) is 37.4 Å². The first-order valence-electron chi connectivity index (χ1n) is 3.75. The number of hydrogen-bond donors (Lipinski definition) is 0. The number of nitrogens with zero attached hydrogens (tertiary/aromatic N) is 1. The Bertz CT molecular complexity index is 237. The van der Waals surface area contributed by atoms with Gasteiger partial charge in [-0.3, -0.25) is 9.59 Å². The van der Waals surface area contributed by atoms with Crippen molar-refractivity contribution >= 4 is 34.5 Å². The average Bonchev–Trinajstić information content (AvgIpc) is 2.46. The largest absolute Gasteiger partial charge is 0.326 e. The summed E-state index contributed by atoms with van der Waals surface area (Å²) in [5, 5.41) is 0. The maximum Gasteiger partial charge on any atom is 0.323 e. The predicted molar refractivity (Wildman–Crippen MR) is 50.0 cm³/mol. The maximum atomic E-state index is 12.8. The molecule has 0 N–H and O–H groups in total. The van der Waals surface area contributed by atoms with Gasteiger partial charge in [-0.1, -0.05) is 22.6 Å². The van der Waals surface area contributed by atoms with Crippen LogP contribution in [0.3, 0.4) is 0 Å². The van der Waals surface area contributed by atoms with Crippen LogP contribution < -0.4 is 0 Å². The van der Waals surface area contributed by atoms with Gasteiger partial charge in [0.05, 0.1) is 11.0 Å². The Hall–Kier alpha value is -0.270. The van der Waals surface area contributed by atoms with Gasteiger partial charge in [0.15, 0.2) is 0 Å². The van der Waals surface area contributed by atoms with Crippen LogP contribution in [0.15, 0.2) is 0 Å². The van der Waals surface area contributed by atoms with E-state index in [9.17, 15) is 18.4 Å². The van der Waals surface area contributed by atoms with Crippen molar-refractivity contribution in [2.45, 2.75) is 18.6 Å². The molecular formula is C7H8F2INO2. The highest BCUT2D eigenvalue weighted by atomic mass is 127. The van der Waals surface area contributed by atoms with E-state index in [4.69, 9.17) is 0 Å². The molecule has 0 unspecified atom stereocenters. The predicted octanol–water partition coefficient (Wildman–Crippen LogP) is 0.857. The molecular weight excluding hydrogens is 295 g/mol. The van der Waals surface area contributed by atoms with Crippen molar-refractivity contribution in [3.05, 3.63) is 0 Å². The monoisotopic (exact) mass is 303 g/mol. The maximum absolute atomic E-state index is 12.8. The summed E-state index contributed by atoms with van der Waals surface area (Å²) in [6, 6.07) is -2.82. The molecule has 0 aromatic rings. The van der Waals surface area contributed by atoms with E-state index >= 15 is 0 Å². The molecule has 0 bridgehead atoms. The van der Waals surface area contributed by atoms with Crippen molar-refractivity contribution in [1.29, 1.82) is 0 Å². The third-order valence-corrected chi connectivity index (χ3v) is 2.60. The van der Waals surface area contributed by atoms with Gasteiger partial charge in [-0.15, -0.1) is 0 Å². The molecule has 1 heterocycles. The molecule has 13 heavy (non-hydrogen) atoms. The molecule has 0 aromatic heterocycles. The SMILES string of the molecule is O=C(F)[C@@H]1C[C@@H](F)CN1C(=O)CI. The Morgan fingerprint density at radius 3 is 2.62 bits per heavy atom. The van der Waals surface area contributed by atoms with Gasteiger partial charge < -0.3 is 4.90 Å². The number of rotatable bonds is 2. The van der Waals surface area contributed by atoms with Gasteiger partial charge in [0.2, 0.25) is 5.91 Å².